The van der Waals surface area contributed by atoms with Crippen LogP contribution in [-0.4, -0.2) is 49.5 Å². The molecule has 1 fully saturated rings. The number of rotatable bonds is 3. The van der Waals surface area contributed by atoms with Gasteiger partial charge in [-0.15, -0.1) is 5.10 Å². The molecule has 7 nitrogen and oxygen atoms in total. The summed E-state index contributed by atoms with van der Waals surface area (Å²) < 4.78 is 1.74. The van der Waals surface area contributed by atoms with Gasteiger partial charge in [-0.3, -0.25) is 4.79 Å². The van der Waals surface area contributed by atoms with E-state index in [4.69, 9.17) is 0 Å². The Morgan fingerprint density at radius 2 is 2.30 bits per heavy atom. The molecular weight excluding hydrogens is 292 g/mol. The van der Waals surface area contributed by atoms with E-state index in [-0.39, 0.29) is 11.9 Å². The number of nitrogens with zero attached hydrogens (tertiary/aromatic N) is 4. The predicted molar refractivity (Wildman–Crippen MR) is 86.4 cm³/mol. The standard InChI is InChI=1S/C16H18N6O/c1-11-8-17-9-13(11)16(23)21-6-4-12(10-21)19-14-2-3-15-18-5-7-22(15)20-14/h2-3,5,7-9,12,17H,4,6,10H2,1H3,(H,19,20). The molecule has 3 aromatic heterocycles. The number of carbonyl (C=O) groups excluding carboxylic acids is 1. The highest BCUT2D eigenvalue weighted by Crippen LogP contribution is 2.18. The van der Waals surface area contributed by atoms with Gasteiger partial charge in [-0.1, -0.05) is 0 Å². The fourth-order valence-corrected chi connectivity index (χ4v) is 3.01. The molecule has 2 N–H and O–H groups in total. The van der Waals surface area contributed by atoms with Crippen molar-refractivity contribution in [2.45, 2.75) is 19.4 Å². The van der Waals surface area contributed by atoms with Crippen molar-refractivity contribution >= 4 is 17.4 Å². The van der Waals surface area contributed by atoms with E-state index in [0.717, 1.165) is 35.6 Å². The molecule has 1 amide bonds. The number of hydrogen-bond acceptors (Lipinski definition) is 4. The minimum absolute atomic E-state index is 0.0890. The smallest absolute Gasteiger partial charge is 0.255 e. The maximum atomic E-state index is 12.5. The van der Waals surface area contributed by atoms with Crippen LogP contribution < -0.4 is 5.32 Å². The van der Waals surface area contributed by atoms with E-state index in [1.165, 1.54) is 0 Å². The van der Waals surface area contributed by atoms with E-state index in [9.17, 15) is 4.79 Å². The molecule has 7 heteroatoms. The molecule has 0 radical (unpaired) electrons. The van der Waals surface area contributed by atoms with E-state index in [0.29, 0.717) is 6.54 Å². The van der Waals surface area contributed by atoms with E-state index in [2.05, 4.69) is 20.4 Å². The molecule has 4 heterocycles. The second-order valence-electron chi connectivity index (χ2n) is 5.88. The third-order valence-corrected chi connectivity index (χ3v) is 4.27. The number of nitrogens with one attached hydrogen (secondary N) is 2. The lowest BCUT2D eigenvalue weighted by Gasteiger charge is -2.17. The number of amides is 1. The number of aromatic nitrogens is 4. The van der Waals surface area contributed by atoms with Gasteiger partial charge in [0.05, 0.1) is 5.56 Å². The van der Waals surface area contributed by atoms with Gasteiger partial charge in [0.15, 0.2) is 5.65 Å². The lowest BCUT2D eigenvalue weighted by atomic mass is 10.2. The van der Waals surface area contributed by atoms with Crippen LogP contribution in [0.4, 0.5) is 5.82 Å². The molecule has 1 aliphatic rings. The van der Waals surface area contributed by atoms with Crippen molar-refractivity contribution in [3.8, 4) is 0 Å². The molecule has 0 bridgehead atoms. The molecule has 1 aliphatic heterocycles. The number of carbonyl (C=O) groups is 1. The van der Waals surface area contributed by atoms with Crippen LogP contribution in [0.1, 0.15) is 22.3 Å². The van der Waals surface area contributed by atoms with E-state index in [1.54, 1.807) is 16.9 Å². The summed E-state index contributed by atoms with van der Waals surface area (Å²) >= 11 is 0. The minimum Gasteiger partial charge on any atom is -0.367 e. The largest absolute Gasteiger partial charge is 0.367 e. The Hall–Kier alpha value is -2.83. The molecule has 3 aromatic rings. The van der Waals surface area contributed by atoms with Crippen molar-refractivity contribution in [2.75, 3.05) is 18.4 Å². The first-order valence-electron chi connectivity index (χ1n) is 7.70. The van der Waals surface area contributed by atoms with Crippen molar-refractivity contribution in [1.82, 2.24) is 24.5 Å². The lowest BCUT2D eigenvalue weighted by molar-refractivity contribution is 0.0791. The maximum absolute atomic E-state index is 12.5. The van der Waals surface area contributed by atoms with Crippen molar-refractivity contribution in [3.05, 3.63) is 48.0 Å². The molecule has 1 atom stereocenters. The SMILES string of the molecule is Cc1c[nH]cc1C(=O)N1CCC(Nc2ccc3nccn3n2)C1. The number of anilines is 1. The van der Waals surface area contributed by atoms with Gasteiger partial charge in [-0.25, -0.2) is 9.50 Å². The summed E-state index contributed by atoms with van der Waals surface area (Å²) in [5, 5.41) is 7.87. The summed E-state index contributed by atoms with van der Waals surface area (Å²) in [5.41, 5.74) is 2.56. The Labute approximate surface area is 133 Å². The number of imidazole rings is 1. The molecule has 0 aromatic carbocycles. The monoisotopic (exact) mass is 310 g/mol. The van der Waals surface area contributed by atoms with E-state index in [1.807, 2.05) is 36.4 Å². The highest BCUT2D eigenvalue weighted by atomic mass is 16.2. The molecule has 4 rings (SSSR count). The first kappa shape index (κ1) is 13.8. The summed E-state index contributed by atoms with van der Waals surface area (Å²) in [6, 6.07) is 4.06. The Kier molecular flexibility index (Phi) is 3.25. The Balaban J connectivity index is 1.44. The van der Waals surface area contributed by atoms with Gasteiger partial charge in [0.1, 0.15) is 5.82 Å². The van der Waals surface area contributed by atoms with Crippen LogP contribution in [0.2, 0.25) is 0 Å². The van der Waals surface area contributed by atoms with Crippen LogP contribution in [0, 0.1) is 6.92 Å². The molecule has 0 saturated carbocycles. The molecule has 1 unspecified atom stereocenters. The first-order chi connectivity index (χ1) is 11.2. The van der Waals surface area contributed by atoms with Gasteiger partial charge in [0.25, 0.3) is 5.91 Å². The van der Waals surface area contributed by atoms with Gasteiger partial charge >= 0.3 is 0 Å². The van der Waals surface area contributed by atoms with Crippen molar-refractivity contribution < 1.29 is 4.79 Å². The third kappa shape index (κ3) is 2.54. The number of fused-ring (bicyclic) bond motifs is 1. The highest BCUT2D eigenvalue weighted by Gasteiger charge is 2.28. The molecule has 23 heavy (non-hydrogen) atoms. The average molecular weight is 310 g/mol. The average Bonchev–Trinajstić information content (AvgIpc) is 3.26. The van der Waals surface area contributed by atoms with E-state index >= 15 is 0 Å². The summed E-state index contributed by atoms with van der Waals surface area (Å²) in [6.07, 6.45) is 8.08. The molecule has 1 saturated heterocycles. The molecular formula is C16H18N6O. The van der Waals surface area contributed by atoms with Crippen LogP contribution in [-0.2, 0) is 0 Å². The summed E-state index contributed by atoms with van der Waals surface area (Å²) in [7, 11) is 0. The van der Waals surface area contributed by atoms with Crippen LogP contribution >= 0.6 is 0 Å². The number of hydrogen-bond donors (Lipinski definition) is 2. The van der Waals surface area contributed by atoms with Crippen LogP contribution in [0.5, 0.6) is 0 Å². The highest BCUT2D eigenvalue weighted by molar-refractivity contribution is 5.95. The summed E-state index contributed by atoms with van der Waals surface area (Å²) in [5.74, 6) is 0.888. The van der Waals surface area contributed by atoms with Crippen molar-refractivity contribution in [3.63, 3.8) is 0 Å². The Morgan fingerprint density at radius 1 is 1.39 bits per heavy atom. The van der Waals surface area contributed by atoms with Crippen LogP contribution in [0.3, 0.4) is 0 Å². The van der Waals surface area contributed by atoms with Gasteiger partial charge in [-0.2, -0.15) is 0 Å². The second-order valence-corrected chi connectivity index (χ2v) is 5.88. The minimum atomic E-state index is 0.0890. The zero-order valence-electron chi connectivity index (χ0n) is 12.9. The molecule has 0 aliphatic carbocycles. The number of aryl methyl sites for hydroxylation is 1. The number of H-pyrrole nitrogens is 1. The zero-order valence-corrected chi connectivity index (χ0v) is 12.9. The van der Waals surface area contributed by atoms with Gasteiger partial charge in [-0.05, 0) is 31.0 Å². The Bertz CT molecular complexity index is 851. The van der Waals surface area contributed by atoms with Gasteiger partial charge in [0.2, 0.25) is 0 Å². The fourth-order valence-electron chi connectivity index (χ4n) is 3.01. The molecule has 0 spiro atoms. The van der Waals surface area contributed by atoms with Crippen LogP contribution in [0.25, 0.3) is 5.65 Å². The maximum Gasteiger partial charge on any atom is 0.255 e. The molecule has 118 valence electrons. The first-order valence-corrected chi connectivity index (χ1v) is 7.70. The normalized spacial score (nSPS) is 17.8. The van der Waals surface area contributed by atoms with Gasteiger partial charge < -0.3 is 15.2 Å². The second kappa shape index (κ2) is 5.42. The van der Waals surface area contributed by atoms with Crippen LogP contribution in [0.15, 0.2) is 36.9 Å². The number of aromatic amines is 1. The topological polar surface area (TPSA) is 78.3 Å². The lowest BCUT2D eigenvalue weighted by Crippen LogP contribution is -2.31. The summed E-state index contributed by atoms with van der Waals surface area (Å²) in [4.78, 5) is 21.6. The third-order valence-electron chi connectivity index (χ3n) is 4.27. The van der Waals surface area contributed by atoms with Crippen molar-refractivity contribution in [1.29, 1.82) is 0 Å². The predicted octanol–water partition coefficient (Wildman–Crippen LogP) is 1.69. The Morgan fingerprint density at radius 3 is 3.13 bits per heavy atom. The number of likely N-dealkylation sites (tertiary alicyclic amines) is 1. The zero-order chi connectivity index (χ0) is 15.8. The fraction of sp³-hybridized carbons (Fsp3) is 0.312. The van der Waals surface area contributed by atoms with E-state index < -0.39 is 0 Å². The van der Waals surface area contributed by atoms with Crippen molar-refractivity contribution in [2.24, 2.45) is 0 Å². The van der Waals surface area contributed by atoms with Gasteiger partial charge in [0, 0.05) is 43.9 Å². The quantitative estimate of drug-likeness (QED) is 0.772. The summed E-state index contributed by atoms with van der Waals surface area (Å²) in [6.45, 7) is 3.39.